The molecule has 0 N–H and O–H groups in total. The van der Waals surface area contributed by atoms with Gasteiger partial charge in [-0.05, 0) is 18.5 Å². The maximum absolute atomic E-state index is 14.2. The van der Waals surface area contributed by atoms with Crippen molar-refractivity contribution in [1.82, 2.24) is 19.8 Å². The number of amides is 1. The van der Waals surface area contributed by atoms with Crippen LogP contribution in [0.1, 0.15) is 12.0 Å². The molecule has 1 aromatic carbocycles. The fourth-order valence-corrected chi connectivity index (χ4v) is 4.42. The van der Waals surface area contributed by atoms with Crippen molar-refractivity contribution in [3.05, 3.63) is 48.3 Å². The number of hydrogen-bond acceptors (Lipinski definition) is 6. The number of benzene rings is 1. The number of hydrogen-bond donors (Lipinski definition) is 0. The van der Waals surface area contributed by atoms with Gasteiger partial charge in [0.15, 0.2) is 11.2 Å². The zero-order valence-electron chi connectivity index (χ0n) is 17.9. The summed E-state index contributed by atoms with van der Waals surface area (Å²) in [7, 11) is 1.49. The third-order valence-corrected chi connectivity index (χ3v) is 6.25. The maximum Gasteiger partial charge on any atom is 0.404 e. The van der Waals surface area contributed by atoms with Crippen molar-refractivity contribution >= 4 is 11.7 Å². The zero-order chi connectivity index (χ0) is 22.8. The molecule has 4 rings (SSSR count). The first-order chi connectivity index (χ1) is 15.3. The first-order valence-electron chi connectivity index (χ1n) is 10.6. The molecule has 3 heterocycles. The molecule has 2 aliphatic heterocycles. The molecule has 0 aliphatic carbocycles. The quantitative estimate of drug-likeness (QED) is 0.700. The highest BCUT2D eigenvalue weighted by Crippen LogP contribution is 2.47. The van der Waals surface area contributed by atoms with Gasteiger partial charge in [-0.25, -0.2) is 0 Å². The molecule has 1 unspecified atom stereocenters. The Kier molecular flexibility index (Phi) is 6.23. The highest BCUT2D eigenvalue weighted by molar-refractivity contribution is 5.84. The van der Waals surface area contributed by atoms with Crippen LogP contribution in [0.4, 0.5) is 19.0 Å². The summed E-state index contributed by atoms with van der Waals surface area (Å²) in [6.45, 7) is 1.49. The molecular weight excluding hydrogens is 423 g/mol. The maximum atomic E-state index is 14.2. The molecule has 0 saturated carbocycles. The van der Waals surface area contributed by atoms with Crippen LogP contribution in [0.15, 0.2) is 42.7 Å². The molecule has 0 bridgehead atoms. The summed E-state index contributed by atoms with van der Waals surface area (Å²) in [5.74, 6) is 0.121. The summed E-state index contributed by atoms with van der Waals surface area (Å²) in [5.41, 5.74) is -1.43. The topological polar surface area (TPSA) is 61.8 Å². The Labute approximate surface area is 184 Å². The average Bonchev–Trinajstić information content (AvgIpc) is 3.24. The summed E-state index contributed by atoms with van der Waals surface area (Å²) in [6.07, 6.45) is -1.76. The van der Waals surface area contributed by atoms with E-state index >= 15 is 0 Å². The smallest absolute Gasteiger partial charge is 0.404 e. The first kappa shape index (κ1) is 22.3. The van der Waals surface area contributed by atoms with Crippen LogP contribution in [0.5, 0.6) is 5.88 Å². The van der Waals surface area contributed by atoms with E-state index in [4.69, 9.17) is 4.74 Å². The van der Waals surface area contributed by atoms with Crippen LogP contribution in [0, 0.1) is 5.41 Å². The van der Waals surface area contributed by atoms with Crippen LogP contribution in [-0.2, 0) is 11.3 Å². The minimum absolute atomic E-state index is 0.203. The van der Waals surface area contributed by atoms with Crippen molar-refractivity contribution in [3.8, 4) is 5.88 Å². The van der Waals surface area contributed by atoms with Crippen molar-refractivity contribution < 1.29 is 22.7 Å². The molecule has 1 amide bonds. The molecule has 2 saturated heterocycles. The van der Waals surface area contributed by atoms with Gasteiger partial charge in [0.1, 0.15) is 0 Å². The molecule has 1 aromatic heterocycles. The Bertz CT molecular complexity index is 935. The second-order valence-electron chi connectivity index (χ2n) is 8.23. The second-order valence-corrected chi connectivity index (χ2v) is 8.23. The van der Waals surface area contributed by atoms with Gasteiger partial charge in [-0.1, -0.05) is 30.3 Å². The van der Waals surface area contributed by atoms with Gasteiger partial charge < -0.3 is 14.5 Å². The van der Waals surface area contributed by atoms with Crippen molar-refractivity contribution in [2.75, 3.05) is 51.3 Å². The van der Waals surface area contributed by atoms with Gasteiger partial charge in [0.2, 0.25) is 11.8 Å². The van der Waals surface area contributed by atoms with Gasteiger partial charge >= 0.3 is 6.18 Å². The van der Waals surface area contributed by atoms with E-state index in [1.807, 2.05) is 35.2 Å². The summed E-state index contributed by atoms with van der Waals surface area (Å²) in [5, 5.41) is 0. The van der Waals surface area contributed by atoms with Gasteiger partial charge in [0.25, 0.3) is 0 Å². The number of ether oxygens (including phenoxy) is 1. The van der Waals surface area contributed by atoms with Crippen LogP contribution in [0.25, 0.3) is 0 Å². The van der Waals surface area contributed by atoms with E-state index in [2.05, 4.69) is 9.97 Å². The molecular formula is C22H26F3N5O2. The lowest BCUT2D eigenvalue weighted by molar-refractivity contribution is -0.223. The highest BCUT2D eigenvalue weighted by atomic mass is 19.4. The van der Waals surface area contributed by atoms with Crippen molar-refractivity contribution in [3.63, 3.8) is 0 Å². The third kappa shape index (κ3) is 4.36. The third-order valence-electron chi connectivity index (χ3n) is 6.25. The van der Waals surface area contributed by atoms with E-state index in [1.165, 1.54) is 18.2 Å². The highest BCUT2D eigenvalue weighted by Gasteiger charge is 2.64. The van der Waals surface area contributed by atoms with E-state index in [0.717, 1.165) is 5.56 Å². The Balaban J connectivity index is 1.44. The average molecular weight is 449 g/mol. The number of likely N-dealkylation sites (tertiary alicyclic amines) is 1. The van der Waals surface area contributed by atoms with E-state index in [9.17, 15) is 18.0 Å². The summed E-state index contributed by atoms with van der Waals surface area (Å²) in [4.78, 5) is 26.6. The van der Waals surface area contributed by atoms with E-state index in [0.29, 0.717) is 31.3 Å². The van der Waals surface area contributed by atoms with Gasteiger partial charge in [-0.3, -0.25) is 14.7 Å². The van der Waals surface area contributed by atoms with Gasteiger partial charge in [-0.15, -0.1) is 0 Å². The second kappa shape index (κ2) is 8.93. The SMILES string of the molecule is COc1cncc(N2CCN(C(=O)C3(C(F)(F)F)CCN(Cc4ccccc4)C3)CC2)n1. The molecule has 32 heavy (non-hydrogen) atoms. The normalized spacial score (nSPS) is 22.2. The van der Waals surface area contributed by atoms with Crippen LogP contribution >= 0.6 is 0 Å². The van der Waals surface area contributed by atoms with Crippen LogP contribution in [0.2, 0.25) is 0 Å². The monoisotopic (exact) mass is 449 g/mol. The van der Waals surface area contributed by atoms with Crippen molar-refractivity contribution in [2.24, 2.45) is 5.41 Å². The van der Waals surface area contributed by atoms with Gasteiger partial charge in [-0.2, -0.15) is 18.2 Å². The van der Waals surface area contributed by atoms with Crippen LogP contribution < -0.4 is 9.64 Å². The van der Waals surface area contributed by atoms with Crippen molar-refractivity contribution in [1.29, 1.82) is 0 Å². The first-order valence-corrected chi connectivity index (χ1v) is 10.6. The molecule has 1 atom stereocenters. The number of rotatable bonds is 5. The van der Waals surface area contributed by atoms with Crippen molar-refractivity contribution in [2.45, 2.75) is 19.1 Å². The van der Waals surface area contributed by atoms with E-state index < -0.39 is 17.5 Å². The molecule has 2 aromatic rings. The summed E-state index contributed by atoms with van der Waals surface area (Å²) >= 11 is 0. The number of methoxy groups -OCH3 is 1. The van der Waals surface area contributed by atoms with E-state index in [-0.39, 0.29) is 32.6 Å². The fraction of sp³-hybridized carbons (Fsp3) is 0.500. The van der Waals surface area contributed by atoms with Gasteiger partial charge in [0, 0.05) is 39.3 Å². The lowest BCUT2D eigenvalue weighted by Gasteiger charge is -2.40. The molecule has 172 valence electrons. The molecule has 0 radical (unpaired) electrons. The number of aromatic nitrogens is 2. The largest absolute Gasteiger partial charge is 0.480 e. The predicted molar refractivity (Wildman–Crippen MR) is 112 cm³/mol. The number of carbonyl (C=O) groups is 1. The van der Waals surface area contributed by atoms with Gasteiger partial charge in [0.05, 0.1) is 19.5 Å². The minimum atomic E-state index is -4.61. The van der Waals surface area contributed by atoms with E-state index in [1.54, 1.807) is 11.1 Å². The summed E-state index contributed by atoms with van der Waals surface area (Å²) < 4.78 is 47.8. The molecule has 10 heteroatoms. The van der Waals surface area contributed by atoms with Crippen LogP contribution in [-0.4, -0.2) is 78.2 Å². The fourth-order valence-electron chi connectivity index (χ4n) is 4.42. The summed E-state index contributed by atoms with van der Waals surface area (Å²) in [6, 6.07) is 9.36. The Morgan fingerprint density at radius 2 is 1.81 bits per heavy atom. The Hall–Kier alpha value is -2.88. The number of nitrogens with zero attached hydrogens (tertiary/aromatic N) is 5. The number of anilines is 1. The zero-order valence-corrected chi connectivity index (χ0v) is 17.9. The molecule has 0 spiro atoms. The number of alkyl halides is 3. The Morgan fingerprint density at radius 3 is 2.47 bits per heavy atom. The molecule has 7 nitrogen and oxygen atoms in total. The lowest BCUT2D eigenvalue weighted by Crippen LogP contribution is -2.58. The lowest BCUT2D eigenvalue weighted by atomic mass is 9.84. The minimum Gasteiger partial charge on any atom is -0.480 e. The molecule has 2 aliphatic rings. The number of piperazine rings is 1. The number of halogens is 3. The standard InChI is InChI=1S/C22H26F3N5O2/c1-32-19-14-26-13-18(27-19)29-9-11-30(12-10-29)20(31)21(22(23,24)25)7-8-28(16-21)15-17-5-3-2-4-6-17/h2-6,13-14H,7-12,15-16H2,1H3. The molecule has 2 fully saturated rings. The Morgan fingerprint density at radius 1 is 1.09 bits per heavy atom. The predicted octanol–water partition coefficient (Wildman–Crippen LogP) is 2.59. The van der Waals surface area contributed by atoms with Crippen LogP contribution in [0.3, 0.4) is 0 Å². The number of carbonyl (C=O) groups excluding carboxylic acids is 1.